The zero-order valence-corrected chi connectivity index (χ0v) is 8.77. The molecule has 1 aliphatic heterocycles. The van der Waals surface area contributed by atoms with Crippen LogP contribution in [0.2, 0.25) is 0 Å². The van der Waals surface area contributed by atoms with Crippen LogP contribution in [0.25, 0.3) is 0 Å². The van der Waals surface area contributed by atoms with E-state index in [0.29, 0.717) is 19.6 Å². The van der Waals surface area contributed by atoms with Crippen molar-refractivity contribution in [3.63, 3.8) is 0 Å². The Morgan fingerprint density at radius 1 is 1.54 bits per heavy atom. The molecular formula is C8H17NO3S. The van der Waals surface area contributed by atoms with Crippen molar-refractivity contribution in [2.45, 2.75) is 19.4 Å². The van der Waals surface area contributed by atoms with Gasteiger partial charge in [0.15, 0.2) is 9.84 Å². The monoisotopic (exact) mass is 207 g/mol. The van der Waals surface area contributed by atoms with Crippen LogP contribution in [0.4, 0.5) is 0 Å². The summed E-state index contributed by atoms with van der Waals surface area (Å²) in [5.41, 5.74) is 0. The minimum Gasteiger partial charge on any atom is -0.378 e. The molecule has 0 aromatic rings. The third kappa shape index (κ3) is 4.06. The summed E-state index contributed by atoms with van der Waals surface area (Å²) in [5, 5.41) is 3.13. The van der Waals surface area contributed by atoms with Crippen molar-refractivity contribution in [1.82, 2.24) is 5.32 Å². The smallest absolute Gasteiger partial charge is 0.151 e. The summed E-state index contributed by atoms with van der Waals surface area (Å²) < 4.78 is 28.0. The summed E-state index contributed by atoms with van der Waals surface area (Å²) in [6, 6.07) is -0.00898. The van der Waals surface area contributed by atoms with Crippen LogP contribution in [0.5, 0.6) is 0 Å². The van der Waals surface area contributed by atoms with E-state index in [1.165, 1.54) is 0 Å². The molecule has 1 atom stereocenters. The summed E-state index contributed by atoms with van der Waals surface area (Å²) >= 11 is 0. The predicted molar refractivity (Wildman–Crippen MR) is 51.6 cm³/mol. The van der Waals surface area contributed by atoms with Gasteiger partial charge in [-0.3, -0.25) is 0 Å². The molecule has 0 aromatic carbocycles. The van der Waals surface area contributed by atoms with Gasteiger partial charge in [0.25, 0.3) is 0 Å². The molecule has 1 unspecified atom stereocenters. The van der Waals surface area contributed by atoms with Crippen molar-refractivity contribution in [1.29, 1.82) is 0 Å². The average Bonchev–Trinajstić information content (AvgIpc) is 2.04. The number of nitrogens with one attached hydrogen (secondary N) is 1. The largest absolute Gasteiger partial charge is 0.378 e. The van der Waals surface area contributed by atoms with Crippen LogP contribution in [-0.2, 0) is 14.6 Å². The second-order valence-corrected chi connectivity index (χ2v) is 5.57. The number of morpholine rings is 1. The number of sulfone groups is 1. The first-order valence-corrected chi connectivity index (χ1v) is 6.48. The maximum atomic E-state index is 11.4. The molecule has 0 aromatic heterocycles. The van der Waals surface area contributed by atoms with Gasteiger partial charge in [-0.25, -0.2) is 8.42 Å². The molecule has 0 amide bonds. The summed E-state index contributed by atoms with van der Waals surface area (Å²) in [5.74, 6) is 0.492. The molecule has 0 spiro atoms. The molecule has 13 heavy (non-hydrogen) atoms. The van der Waals surface area contributed by atoms with E-state index in [0.717, 1.165) is 6.54 Å². The van der Waals surface area contributed by atoms with Crippen molar-refractivity contribution in [3.05, 3.63) is 0 Å². The van der Waals surface area contributed by atoms with Gasteiger partial charge in [-0.1, -0.05) is 6.92 Å². The van der Waals surface area contributed by atoms with Crippen molar-refractivity contribution in [2.75, 3.05) is 31.3 Å². The maximum absolute atomic E-state index is 11.4. The second kappa shape index (κ2) is 4.93. The highest BCUT2D eigenvalue weighted by Gasteiger charge is 2.20. The third-order valence-corrected chi connectivity index (χ3v) is 3.91. The second-order valence-electron chi connectivity index (χ2n) is 3.34. The molecule has 1 heterocycles. The van der Waals surface area contributed by atoms with Crippen molar-refractivity contribution >= 4 is 9.84 Å². The summed E-state index contributed by atoms with van der Waals surface area (Å²) in [4.78, 5) is 0. The molecule has 78 valence electrons. The van der Waals surface area contributed by atoms with E-state index in [1.54, 1.807) is 0 Å². The molecule has 1 rings (SSSR count). The lowest BCUT2D eigenvalue weighted by molar-refractivity contribution is 0.0832. The number of hydrogen-bond acceptors (Lipinski definition) is 4. The van der Waals surface area contributed by atoms with Gasteiger partial charge >= 0.3 is 0 Å². The Balaban J connectivity index is 2.37. The molecule has 0 saturated carbocycles. The molecule has 0 radical (unpaired) electrons. The lowest BCUT2D eigenvalue weighted by atomic mass is 10.3. The highest BCUT2D eigenvalue weighted by Crippen LogP contribution is 2.00. The molecule has 4 nitrogen and oxygen atoms in total. The highest BCUT2D eigenvalue weighted by atomic mass is 32.2. The van der Waals surface area contributed by atoms with Gasteiger partial charge in [-0.05, 0) is 6.42 Å². The quantitative estimate of drug-likeness (QED) is 0.693. The number of ether oxygens (including phenoxy) is 1. The van der Waals surface area contributed by atoms with E-state index in [1.807, 2.05) is 6.92 Å². The predicted octanol–water partition coefficient (Wildman–Crippen LogP) is -0.200. The number of hydrogen-bond donors (Lipinski definition) is 1. The zero-order chi connectivity index (χ0) is 9.73. The van der Waals surface area contributed by atoms with Gasteiger partial charge in [-0.2, -0.15) is 0 Å². The van der Waals surface area contributed by atoms with E-state index in [2.05, 4.69) is 5.32 Å². The molecule has 1 N–H and O–H groups in total. The summed E-state index contributed by atoms with van der Waals surface area (Å²) in [7, 11) is -2.87. The lowest BCUT2D eigenvalue weighted by Gasteiger charge is -2.23. The van der Waals surface area contributed by atoms with E-state index in [4.69, 9.17) is 4.74 Å². The fourth-order valence-corrected chi connectivity index (χ4v) is 3.04. The first-order valence-electron chi connectivity index (χ1n) is 4.65. The van der Waals surface area contributed by atoms with E-state index in [-0.39, 0.29) is 17.5 Å². The van der Waals surface area contributed by atoms with Crippen molar-refractivity contribution < 1.29 is 13.2 Å². The maximum Gasteiger partial charge on any atom is 0.151 e. The third-order valence-electron chi connectivity index (χ3n) is 1.97. The first-order chi connectivity index (χ1) is 6.14. The first kappa shape index (κ1) is 10.9. The highest BCUT2D eigenvalue weighted by molar-refractivity contribution is 7.91. The van der Waals surface area contributed by atoms with Crippen molar-refractivity contribution in [3.8, 4) is 0 Å². The SMILES string of the molecule is CCCS(=O)(=O)CC1COCCN1. The Morgan fingerprint density at radius 2 is 2.31 bits per heavy atom. The lowest BCUT2D eigenvalue weighted by Crippen LogP contribution is -2.45. The van der Waals surface area contributed by atoms with E-state index in [9.17, 15) is 8.42 Å². The van der Waals surface area contributed by atoms with Gasteiger partial charge in [0.05, 0.1) is 19.0 Å². The fraction of sp³-hybridized carbons (Fsp3) is 1.00. The normalized spacial score (nSPS) is 24.5. The standard InChI is InChI=1S/C8H17NO3S/c1-2-5-13(10,11)7-8-6-12-4-3-9-8/h8-9H,2-7H2,1H3. The van der Waals surface area contributed by atoms with Crippen LogP contribution < -0.4 is 5.32 Å². The molecular weight excluding hydrogens is 190 g/mol. The van der Waals surface area contributed by atoms with Gasteiger partial charge in [0.1, 0.15) is 0 Å². The topological polar surface area (TPSA) is 55.4 Å². The van der Waals surface area contributed by atoms with E-state index < -0.39 is 9.84 Å². The van der Waals surface area contributed by atoms with Gasteiger partial charge < -0.3 is 10.1 Å². The van der Waals surface area contributed by atoms with Crippen LogP contribution >= 0.6 is 0 Å². The van der Waals surface area contributed by atoms with Crippen molar-refractivity contribution in [2.24, 2.45) is 0 Å². The van der Waals surface area contributed by atoms with Crippen LogP contribution in [0.1, 0.15) is 13.3 Å². The number of rotatable bonds is 4. The van der Waals surface area contributed by atoms with Gasteiger partial charge in [0, 0.05) is 18.3 Å². The molecule has 1 saturated heterocycles. The van der Waals surface area contributed by atoms with E-state index >= 15 is 0 Å². The Morgan fingerprint density at radius 3 is 2.85 bits per heavy atom. The Bertz CT molecular complexity index is 232. The van der Waals surface area contributed by atoms with Gasteiger partial charge in [-0.15, -0.1) is 0 Å². The summed E-state index contributed by atoms with van der Waals surface area (Å²) in [6.45, 7) is 3.84. The Kier molecular flexibility index (Phi) is 4.15. The molecule has 1 fully saturated rings. The van der Waals surface area contributed by atoms with Crippen LogP contribution in [-0.4, -0.2) is 45.7 Å². The molecule has 0 aliphatic carbocycles. The van der Waals surface area contributed by atoms with Gasteiger partial charge in [0.2, 0.25) is 0 Å². The minimum atomic E-state index is -2.87. The molecule has 5 heteroatoms. The average molecular weight is 207 g/mol. The van der Waals surface area contributed by atoms with Crippen LogP contribution in [0, 0.1) is 0 Å². The molecule has 1 aliphatic rings. The fourth-order valence-electron chi connectivity index (χ4n) is 1.43. The Hall–Kier alpha value is -0.130. The summed E-state index contributed by atoms with van der Waals surface area (Å²) in [6.07, 6.45) is 0.690. The van der Waals surface area contributed by atoms with Crippen LogP contribution in [0.3, 0.4) is 0 Å². The minimum absolute atomic E-state index is 0.00898. The molecule has 0 bridgehead atoms. The Labute approximate surface area is 79.6 Å². The zero-order valence-electron chi connectivity index (χ0n) is 7.95. The van der Waals surface area contributed by atoms with Crippen LogP contribution in [0.15, 0.2) is 0 Å².